The van der Waals surface area contributed by atoms with Crippen LogP contribution in [-0.4, -0.2) is 38.1 Å². The Morgan fingerprint density at radius 2 is 1.85 bits per heavy atom. The average molecular weight is 186 g/mol. The Balaban J connectivity index is 3.96. The van der Waals surface area contributed by atoms with Crippen LogP contribution in [0.5, 0.6) is 0 Å². The standard InChI is InChI=1S/C11H26N2/c1-7-11(4,9-13(5)6)8-12-10(2)3/h10,12H,7-9H2,1-6H3. The molecule has 0 aromatic rings. The lowest BCUT2D eigenvalue weighted by molar-refractivity contribution is 0.199. The van der Waals surface area contributed by atoms with Crippen molar-refractivity contribution in [3.8, 4) is 0 Å². The van der Waals surface area contributed by atoms with Crippen LogP contribution in [0, 0.1) is 5.41 Å². The summed E-state index contributed by atoms with van der Waals surface area (Å²) in [7, 11) is 4.28. The molecule has 0 heterocycles. The maximum atomic E-state index is 3.52. The molecule has 0 spiro atoms. The molecule has 0 saturated carbocycles. The highest BCUT2D eigenvalue weighted by atomic mass is 15.1. The van der Waals surface area contributed by atoms with Crippen LogP contribution in [0.3, 0.4) is 0 Å². The Hall–Kier alpha value is -0.0800. The van der Waals surface area contributed by atoms with E-state index in [9.17, 15) is 0 Å². The molecule has 0 aliphatic carbocycles. The summed E-state index contributed by atoms with van der Waals surface area (Å²) in [6.45, 7) is 11.3. The highest BCUT2D eigenvalue weighted by molar-refractivity contribution is 4.78. The fourth-order valence-corrected chi connectivity index (χ4v) is 1.51. The van der Waals surface area contributed by atoms with Gasteiger partial charge in [0.05, 0.1) is 0 Å². The van der Waals surface area contributed by atoms with E-state index in [1.165, 1.54) is 6.42 Å². The van der Waals surface area contributed by atoms with E-state index in [1.54, 1.807) is 0 Å². The second-order valence-corrected chi connectivity index (χ2v) is 4.94. The van der Waals surface area contributed by atoms with Crippen LogP contribution >= 0.6 is 0 Å². The lowest BCUT2D eigenvalue weighted by Crippen LogP contribution is -2.41. The van der Waals surface area contributed by atoms with Gasteiger partial charge >= 0.3 is 0 Å². The zero-order chi connectivity index (χ0) is 10.5. The Kier molecular flexibility index (Phi) is 5.57. The molecular formula is C11H26N2. The van der Waals surface area contributed by atoms with Gasteiger partial charge in [-0.15, -0.1) is 0 Å². The first kappa shape index (κ1) is 12.9. The van der Waals surface area contributed by atoms with Crippen molar-refractivity contribution in [2.24, 2.45) is 5.41 Å². The summed E-state index contributed by atoms with van der Waals surface area (Å²) in [5.41, 5.74) is 0.410. The summed E-state index contributed by atoms with van der Waals surface area (Å²) < 4.78 is 0. The molecule has 2 heteroatoms. The summed E-state index contributed by atoms with van der Waals surface area (Å²) in [5.74, 6) is 0. The Bertz CT molecular complexity index is 132. The average Bonchev–Trinajstić information content (AvgIpc) is 2.00. The van der Waals surface area contributed by atoms with Crippen LogP contribution < -0.4 is 5.32 Å². The normalized spacial score (nSPS) is 16.6. The summed E-state index contributed by atoms with van der Waals surface area (Å²) in [5, 5.41) is 3.52. The van der Waals surface area contributed by atoms with Crippen molar-refractivity contribution in [1.29, 1.82) is 0 Å². The number of nitrogens with zero attached hydrogens (tertiary/aromatic N) is 1. The predicted octanol–water partition coefficient (Wildman–Crippen LogP) is 1.96. The Morgan fingerprint density at radius 1 is 1.31 bits per heavy atom. The van der Waals surface area contributed by atoms with E-state index in [0.717, 1.165) is 13.1 Å². The molecule has 0 aromatic carbocycles. The van der Waals surface area contributed by atoms with Gasteiger partial charge < -0.3 is 10.2 Å². The van der Waals surface area contributed by atoms with E-state index in [0.29, 0.717) is 11.5 Å². The summed E-state index contributed by atoms with van der Waals surface area (Å²) in [6, 6.07) is 0.591. The van der Waals surface area contributed by atoms with Crippen molar-refractivity contribution >= 4 is 0 Å². The van der Waals surface area contributed by atoms with Crippen LogP contribution in [-0.2, 0) is 0 Å². The van der Waals surface area contributed by atoms with E-state index < -0.39 is 0 Å². The van der Waals surface area contributed by atoms with Gasteiger partial charge in [-0.1, -0.05) is 27.7 Å². The third-order valence-electron chi connectivity index (χ3n) is 2.49. The molecule has 0 aliphatic heterocycles. The van der Waals surface area contributed by atoms with E-state index in [2.05, 4.69) is 52.0 Å². The molecular weight excluding hydrogens is 160 g/mol. The largest absolute Gasteiger partial charge is 0.314 e. The fraction of sp³-hybridized carbons (Fsp3) is 1.00. The minimum atomic E-state index is 0.410. The first-order valence-corrected chi connectivity index (χ1v) is 5.28. The van der Waals surface area contributed by atoms with Crippen LogP contribution in [0.25, 0.3) is 0 Å². The van der Waals surface area contributed by atoms with E-state index in [1.807, 2.05) is 0 Å². The molecule has 0 bridgehead atoms. The summed E-state index contributed by atoms with van der Waals surface area (Å²) >= 11 is 0. The third-order valence-corrected chi connectivity index (χ3v) is 2.49. The van der Waals surface area contributed by atoms with Gasteiger partial charge in [-0.25, -0.2) is 0 Å². The van der Waals surface area contributed by atoms with E-state index in [-0.39, 0.29) is 0 Å². The van der Waals surface area contributed by atoms with Gasteiger partial charge in [-0.05, 0) is 25.9 Å². The van der Waals surface area contributed by atoms with Crippen molar-refractivity contribution in [3.05, 3.63) is 0 Å². The minimum absolute atomic E-state index is 0.410. The van der Waals surface area contributed by atoms with Crippen LogP contribution in [0.2, 0.25) is 0 Å². The summed E-state index contributed by atoms with van der Waals surface area (Å²) in [4.78, 5) is 2.27. The maximum absolute atomic E-state index is 3.52. The number of nitrogens with one attached hydrogen (secondary N) is 1. The SMILES string of the molecule is CCC(C)(CNC(C)C)CN(C)C. The van der Waals surface area contributed by atoms with Crippen molar-refractivity contribution in [2.75, 3.05) is 27.2 Å². The highest BCUT2D eigenvalue weighted by Gasteiger charge is 2.22. The molecule has 0 amide bonds. The second kappa shape index (κ2) is 5.61. The van der Waals surface area contributed by atoms with Gasteiger partial charge in [0, 0.05) is 19.1 Å². The minimum Gasteiger partial charge on any atom is -0.314 e. The van der Waals surface area contributed by atoms with Crippen molar-refractivity contribution in [3.63, 3.8) is 0 Å². The molecule has 0 saturated heterocycles. The molecule has 0 rings (SSSR count). The van der Waals surface area contributed by atoms with Gasteiger partial charge in [-0.3, -0.25) is 0 Å². The number of rotatable bonds is 6. The second-order valence-electron chi connectivity index (χ2n) is 4.94. The third kappa shape index (κ3) is 6.05. The molecule has 0 fully saturated rings. The van der Waals surface area contributed by atoms with E-state index in [4.69, 9.17) is 0 Å². The van der Waals surface area contributed by atoms with Gasteiger partial charge in [0.1, 0.15) is 0 Å². The number of hydrogen-bond donors (Lipinski definition) is 1. The summed E-state index contributed by atoms with van der Waals surface area (Å²) in [6.07, 6.45) is 1.23. The lowest BCUT2D eigenvalue weighted by atomic mass is 9.87. The zero-order valence-electron chi connectivity index (χ0n) is 10.1. The van der Waals surface area contributed by atoms with E-state index >= 15 is 0 Å². The topological polar surface area (TPSA) is 15.3 Å². The highest BCUT2D eigenvalue weighted by Crippen LogP contribution is 2.20. The quantitative estimate of drug-likeness (QED) is 0.682. The zero-order valence-corrected chi connectivity index (χ0v) is 10.1. The monoisotopic (exact) mass is 186 g/mol. The van der Waals surface area contributed by atoms with Crippen molar-refractivity contribution in [2.45, 2.75) is 40.2 Å². The molecule has 1 unspecified atom stereocenters. The molecule has 13 heavy (non-hydrogen) atoms. The van der Waals surface area contributed by atoms with Crippen molar-refractivity contribution < 1.29 is 0 Å². The molecule has 0 radical (unpaired) electrons. The van der Waals surface area contributed by atoms with Gasteiger partial charge in [0.25, 0.3) is 0 Å². The first-order chi connectivity index (χ1) is 5.89. The van der Waals surface area contributed by atoms with Gasteiger partial charge in [0.2, 0.25) is 0 Å². The molecule has 1 N–H and O–H groups in total. The van der Waals surface area contributed by atoms with Crippen LogP contribution in [0.15, 0.2) is 0 Å². The lowest BCUT2D eigenvalue weighted by Gasteiger charge is -2.32. The molecule has 0 aromatic heterocycles. The van der Waals surface area contributed by atoms with Gasteiger partial charge in [-0.2, -0.15) is 0 Å². The first-order valence-electron chi connectivity index (χ1n) is 5.28. The predicted molar refractivity (Wildman–Crippen MR) is 60.1 cm³/mol. The number of hydrogen-bond acceptors (Lipinski definition) is 2. The van der Waals surface area contributed by atoms with Crippen molar-refractivity contribution in [1.82, 2.24) is 10.2 Å². The molecule has 1 atom stereocenters. The molecule has 80 valence electrons. The molecule has 2 nitrogen and oxygen atoms in total. The Labute approximate surface area is 83.7 Å². The molecule has 0 aliphatic rings. The Morgan fingerprint density at radius 3 is 2.15 bits per heavy atom. The van der Waals surface area contributed by atoms with Crippen LogP contribution in [0.4, 0.5) is 0 Å². The van der Waals surface area contributed by atoms with Gasteiger partial charge in [0.15, 0.2) is 0 Å². The fourth-order valence-electron chi connectivity index (χ4n) is 1.51. The van der Waals surface area contributed by atoms with Crippen LogP contribution in [0.1, 0.15) is 34.1 Å². The maximum Gasteiger partial charge on any atom is 0.00413 e. The smallest absolute Gasteiger partial charge is 0.00413 e.